The van der Waals surface area contributed by atoms with Gasteiger partial charge in [0.05, 0.1) is 12.3 Å². The van der Waals surface area contributed by atoms with E-state index in [2.05, 4.69) is 35.3 Å². The Bertz CT molecular complexity index is 1190. The summed E-state index contributed by atoms with van der Waals surface area (Å²) in [7, 11) is 0. The van der Waals surface area contributed by atoms with Gasteiger partial charge in [0.1, 0.15) is 23.2 Å². The zero-order valence-corrected chi connectivity index (χ0v) is 16.7. The molecule has 0 fully saturated rings. The lowest BCUT2D eigenvalue weighted by Crippen LogP contribution is -2.00. The predicted molar refractivity (Wildman–Crippen MR) is 121 cm³/mol. The smallest absolute Gasteiger partial charge is 0.142 e. The van der Waals surface area contributed by atoms with Crippen molar-refractivity contribution in [3.05, 3.63) is 90.5 Å². The van der Waals surface area contributed by atoms with Crippen molar-refractivity contribution in [1.29, 1.82) is 5.26 Å². The first kappa shape index (κ1) is 19.2. The van der Waals surface area contributed by atoms with Gasteiger partial charge >= 0.3 is 0 Å². The van der Waals surface area contributed by atoms with E-state index in [9.17, 15) is 5.26 Å². The fourth-order valence-corrected chi connectivity index (χ4v) is 3.42. The highest BCUT2D eigenvalue weighted by Crippen LogP contribution is 2.33. The Hall–Kier alpha value is -4.10. The van der Waals surface area contributed by atoms with Crippen LogP contribution in [0.2, 0.25) is 0 Å². The van der Waals surface area contributed by atoms with E-state index in [4.69, 9.17) is 10.5 Å². The summed E-state index contributed by atoms with van der Waals surface area (Å²) in [4.78, 5) is 4.48. The summed E-state index contributed by atoms with van der Waals surface area (Å²) in [5, 5.41) is 9.63. The Morgan fingerprint density at radius 2 is 1.43 bits per heavy atom. The van der Waals surface area contributed by atoms with Crippen LogP contribution >= 0.6 is 0 Å². The monoisotopic (exact) mass is 391 g/mol. The van der Waals surface area contributed by atoms with Gasteiger partial charge in [-0.05, 0) is 41.8 Å². The molecule has 0 aliphatic carbocycles. The maximum Gasteiger partial charge on any atom is 0.142 e. The molecule has 4 heteroatoms. The van der Waals surface area contributed by atoms with Gasteiger partial charge in [-0.2, -0.15) is 5.26 Å². The SMILES string of the molecule is CCOc1ccc(-c2cc(-c3ccc(-c4ccccc4)cc3)nc(N)c2C#N)cc1. The lowest BCUT2D eigenvalue weighted by molar-refractivity contribution is 0.340. The van der Waals surface area contributed by atoms with E-state index in [1.807, 2.05) is 67.6 Å². The molecule has 0 aliphatic rings. The lowest BCUT2D eigenvalue weighted by Gasteiger charge is -2.11. The van der Waals surface area contributed by atoms with E-state index in [1.165, 1.54) is 0 Å². The molecule has 0 bridgehead atoms. The third kappa shape index (κ3) is 3.87. The summed E-state index contributed by atoms with van der Waals surface area (Å²) in [6, 6.07) is 30.2. The summed E-state index contributed by atoms with van der Waals surface area (Å²) in [5.41, 5.74) is 12.1. The van der Waals surface area contributed by atoms with Crippen molar-refractivity contribution in [3.8, 4) is 45.3 Å². The third-order valence-electron chi connectivity index (χ3n) is 4.92. The second-order valence-corrected chi connectivity index (χ2v) is 6.83. The average Bonchev–Trinajstić information content (AvgIpc) is 2.80. The molecule has 0 aliphatic heterocycles. The third-order valence-corrected chi connectivity index (χ3v) is 4.92. The minimum absolute atomic E-state index is 0.228. The topological polar surface area (TPSA) is 71.9 Å². The van der Waals surface area contributed by atoms with Gasteiger partial charge in [0.15, 0.2) is 0 Å². The van der Waals surface area contributed by atoms with Gasteiger partial charge in [0, 0.05) is 11.1 Å². The molecule has 0 saturated heterocycles. The lowest BCUT2D eigenvalue weighted by atomic mass is 9.97. The maximum atomic E-state index is 9.63. The van der Waals surface area contributed by atoms with E-state index in [0.29, 0.717) is 12.2 Å². The summed E-state index contributed by atoms with van der Waals surface area (Å²) >= 11 is 0. The van der Waals surface area contributed by atoms with Crippen molar-refractivity contribution in [1.82, 2.24) is 4.98 Å². The van der Waals surface area contributed by atoms with Crippen LogP contribution in [-0.4, -0.2) is 11.6 Å². The van der Waals surface area contributed by atoms with Gasteiger partial charge in [-0.25, -0.2) is 4.98 Å². The Labute approximate surface area is 176 Å². The Kier molecular flexibility index (Phi) is 5.45. The molecule has 4 rings (SSSR count). The molecule has 0 atom stereocenters. The van der Waals surface area contributed by atoms with Crippen molar-refractivity contribution in [3.63, 3.8) is 0 Å². The highest BCUT2D eigenvalue weighted by molar-refractivity contribution is 5.81. The van der Waals surface area contributed by atoms with Crippen LogP contribution in [0.5, 0.6) is 5.75 Å². The molecule has 0 radical (unpaired) electrons. The largest absolute Gasteiger partial charge is 0.494 e. The maximum absolute atomic E-state index is 9.63. The van der Waals surface area contributed by atoms with Gasteiger partial charge in [-0.15, -0.1) is 0 Å². The number of benzene rings is 3. The van der Waals surface area contributed by atoms with E-state index in [1.54, 1.807) is 0 Å². The summed E-state index contributed by atoms with van der Waals surface area (Å²) in [5.74, 6) is 1.02. The van der Waals surface area contributed by atoms with Gasteiger partial charge < -0.3 is 10.5 Å². The summed E-state index contributed by atoms with van der Waals surface area (Å²) < 4.78 is 5.52. The highest BCUT2D eigenvalue weighted by atomic mass is 16.5. The van der Waals surface area contributed by atoms with Gasteiger partial charge in [-0.1, -0.05) is 66.7 Å². The van der Waals surface area contributed by atoms with Crippen LogP contribution in [0, 0.1) is 11.3 Å². The van der Waals surface area contributed by atoms with E-state index in [-0.39, 0.29) is 5.82 Å². The Morgan fingerprint density at radius 3 is 2.07 bits per heavy atom. The summed E-state index contributed by atoms with van der Waals surface area (Å²) in [6.45, 7) is 2.55. The van der Waals surface area contributed by atoms with Gasteiger partial charge in [0.2, 0.25) is 0 Å². The number of hydrogen-bond donors (Lipinski definition) is 1. The van der Waals surface area contributed by atoms with E-state index < -0.39 is 0 Å². The second kappa shape index (κ2) is 8.50. The van der Waals surface area contributed by atoms with Gasteiger partial charge in [-0.3, -0.25) is 0 Å². The average molecular weight is 391 g/mol. The molecule has 2 N–H and O–H groups in total. The van der Waals surface area contributed by atoms with Crippen molar-refractivity contribution in [2.45, 2.75) is 6.92 Å². The first-order chi connectivity index (χ1) is 14.7. The predicted octanol–water partition coefficient (Wildman–Crippen LogP) is 5.94. The molecule has 0 amide bonds. The first-order valence-electron chi connectivity index (χ1n) is 9.79. The van der Waals surface area contributed by atoms with E-state index >= 15 is 0 Å². The number of anilines is 1. The normalized spacial score (nSPS) is 10.4. The van der Waals surface area contributed by atoms with E-state index in [0.717, 1.165) is 39.3 Å². The molecule has 3 aromatic carbocycles. The van der Waals surface area contributed by atoms with Crippen LogP contribution in [0.15, 0.2) is 84.9 Å². The number of nitriles is 1. The fraction of sp³-hybridized carbons (Fsp3) is 0.0769. The molecule has 1 heterocycles. The number of nitrogens with two attached hydrogens (primary N) is 1. The Balaban J connectivity index is 1.74. The van der Waals surface area contributed by atoms with Crippen molar-refractivity contribution >= 4 is 5.82 Å². The van der Waals surface area contributed by atoms with Crippen LogP contribution in [0.3, 0.4) is 0 Å². The number of nitrogens with zero attached hydrogens (tertiary/aromatic N) is 2. The number of aromatic nitrogens is 1. The Morgan fingerprint density at radius 1 is 0.833 bits per heavy atom. The molecule has 0 saturated carbocycles. The standard InChI is InChI=1S/C26H21N3O/c1-2-30-22-14-12-20(13-15-22)23-16-25(29-26(28)24(23)17-27)21-10-8-19(9-11-21)18-6-4-3-5-7-18/h3-16H,2H2,1H3,(H2,28,29). The van der Waals surface area contributed by atoms with Crippen LogP contribution in [0.25, 0.3) is 33.5 Å². The molecule has 30 heavy (non-hydrogen) atoms. The fourth-order valence-electron chi connectivity index (χ4n) is 3.42. The number of rotatable bonds is 5. The van der Waals surface area contributed by atoms with Crippen LogP contribution < -0.4 is 10.5 Å². The summed E-state index contributed by atoms with van der Waals surface area (Å²) in [6.07, 6.45) is 0. The number of pyridine rings is 1. The van der Waals surface area contributed by atoms with Gasteiger partial charge in [0.25, 0.3) is 0 Å². The van der Waals surface area contributed by atoms with Crippen LogP contribution in [0.1, 0.15) is 12.5 Å². The number of nitrogen functional groups attached to an aromatic ring is 1. The zero-order valence-electron chi connectivity index (χ0n) is 16.7. The molecule has 4 nitrogen and oxygen atoms in total. The second-order valence-electron chi connectivity index (χ2n) is 6.83. The van der Waals surface area contributed by atoms with Crippen molar-refractivity contribution in [2.24, 2.45) is 0 Å². The molecule has 0 spiro atoms. The molecular formula is C26H21N3O. The molecule has 4 aromatic rings. The first-order valence-corrected chi connectivity index (χ1v) is 9.79. The molecule has 146 valence electrons. The molecular weight excluding hydrogens is 370 g/mol. The van der Waals surface area contributed by atoms with Crippen LogP contribution in [0.4, 0.5) is 5.82 Å². The molecule has 0 unspecified atom stereocenters. The number of ether oxygens (including phenoxy) is 1. The quantitative estimate of drug-likeness (QED) is 0.457. The molecule has 1 aromatic heterocycles. The minimum Gasteiger partial charge on any atom is -0.494 e. The van der Waals surface area contributed by atoms with Crippen molar-refractivity contribution in [2.75, 3.05) is 12.3 Å². The minimum atomic E-state index is 0.228. The number of hydrogen-bond acceptors (Lipinski definition) is 4. The van der Waals surface area contributed by atoms with Crippen molar-refractivity contribution < 1.29 is 4.74 Å². The van der Waals surface area contributed by atoms with Crippen LogP contribution in [-0.2, 0) is 0 Å². The highest BCUT2D eigenvalue weighted by Gasteiger charge is 2.14. The zero-order chi connectivity index (χ0) is 20.9.